The largest absolute Gasteiger partial charge is 0.483 e. The molecule has 0 aliphatic carbocycles. The molecule has 6 heteroatoms. The Balaban J connectivity index is 1.84. The van der Waals surface area contributed by atoms with Crippen molar-refractivity contribution >= 4 is 22.3 Å². The van der Waals surface area contributed by atoms with Gasteiger partial charge in [-0.25, -0.2) is 4.79 Å². The van der Waals surface area contributed by atoms with Crippen molar-refractivity contribution in [2.24, 2.45) is 0 Å². The maximum atomic E-state index is 11.4. The van der Waals surface area contributed by atoms with E-state index in [-0.39, 0.29) is 6.23 Å². The number of carboxylic acid groups (broad SMARTS) is 1. The fourth-order valence-electron chi connectivity index (χ4n) is 2.36. The summed E-state index contributed by atoms with van der Waals surface area (Å²) in [6, 6.07) is 0. The van der Waals surface area contributed by atoms with Crippen LogP contribution < -0.4 is 10.1 Å². The number of hydrogen-bond donors (Lipinski definition) is 2. The van der Waals surface area contributed by atoms with Gasteiger partial charge in [0.15, 0.2) is 5.06 Å². The predicted molar refractivity (Wildman–Crippen MR) is 67.7 cm³/mol. The van der Waals surface area contributed by atoms with E-state index in [2.05, 4.69) is 5.32 Å². The third kappa shape index (κ3) is 2.06. The van der Waals surface area contributed by atoms with Crippen molar-refractivity contribution < 1.29 is 19.4 Å². The lowest BCUT2D eigenvalue weighted by Gasteiger charge is -2.24. The Hall–Kier alpha value is -1.27. The number of hydrogen-bond acceptors (Lipinski definition) is 5. The van der Waals surface area contributed by atoms with Gasteiger partial charge >= 0.3 is 5.97 Å². The number of anilines is 1. The summed E-state index contributed by atoms with van der Waals surface area (Å²) in [6.45, 7) is 1.32. The van der Waals surface area contributed by atoms with Gasteiger partial charge in [-0.05, 0) is 19.3 Å². The fraction of sp³-hybridized carbons (Fsp3) is 0.583. The van der Waals surface area contributed by atoms with Crippen molar-refractivity contribution in [3.8, 4) is 5.06 Å². The quantitative estimate of drug-likeness (QED) is 0.881. The molecule has 1 fully saturated rings. The summed E-state index contributed by atoms with van der Waals surface area (Å²) < 4.78 is 11.0. The van der Waals surface area contributed by atoms with E-state index in [0.29, 0.717) is 23.6 Å². The molecule has 1 aromatic heterocycles. The minimum absolute atomic E-state index is 0.0735. The smallest absolute Gasteiger partial charge is 0.339 e. The van der Waals surface area contributed by atoms with Crippen molar-refractivity contribution in [3.63, 3.8) is 0 Å². The van der Waals surface area contributed by atoms with Crippen molar-refractivity contribution in [2.75, 3.05) is 18.5 Å². The molecule has 2 N–H and O–H groups in total. The molecule has 2 aliphatic rings. The van der Waals surface area contributed by atoms with Crippen LogP contribution in [0, 0.1) is 0 Å². The summed E-state index contributed by atoms with van der Waals surface area (Å²) in [5.41, 5.74) is 1.19. The second kappa shape index (κ2) is 4.78. The van der Waals surface area contributed by atoms with E-state index in [1.165, 1.54) is 11.3 Å². The van der Waals surface area contributed by atoms with Crippen molar-refractivity contribution in [2.45, 2.75) is 31.9 Å². The SMILES string of the molecule is O=C(O)c1c(NC2CCCCO2)sc2c1CCO2. The van der Waals surface area contributed by atoms with E-state index in [0.717, 1.165) is 36.5 Å². The van der Waals surface area contributed by atoms with Crippen LogP contribution in [0.5, 0.6) is 5.06 Å². The molecule has 1 saturated heterocycles. The van der Waals surface area contributed by atoms with Crippen LogP contribution in [0.1, 0.15) is 35.2 Å². The molecule has 18 heavy (non-hydrogen) atoms. The molecule has 0 saturated carbocycles. The van der Waals surface area contributed by atoms with Gasteiger partial charge in [0.25, 0.3) is 0 Å². The summed E-state index contributed by atoms with van der Waals surface area (Å²) in [5, 5.41) is 13.9. The van der Waals surface area contributed by atoms with Crippen LogP contribution in [-0.4, -0.2) is 30.5 Å². The molecule has 0 radical (unpaired) electrons. The molecule has 3 heterocycles. The fourth-order valence-corrected chi connectivity index (χ4v) is 3.52. The minimum atomic E-state index is -0.892. The van der Waals surface area contributed by atoms with E-state index in [9.17, 15) is 9.90 Å². The summed E-state index contributed by atoms with van der Waals surface area (Å²) in [5.74, 6) is -0.892. The van der Waals surface area contributed by atoms with Gasteiger partial charge in [-0.2, -0.15) is 0 Å². The first-order valence-electron chi connectivity index (χ1n) is 6.15. The second-order valence-corrected chi connectivity index (χ2v) is 5.46. The summed E-state index contributed by atoms with van der Waals surface area (Å²) in [6.07, 6.45) is 3.72. The topological polar surface area (TPSA) is 67.8 Å². The zero-order valence-corrected chi connectivity index (χ0v) is 10.7. The lowest BCUT2D eigenvalue weighted by atomic mass is 10.1. The molecule has 0 amide bonds. The Morgan fingerprint density at radius 2 is 2.28 bits per heavy atom. The molecule has 1 aromatic rings. The Morgan fingerprint density at radius 3 is 3.00 bits per heavy atom. The highest BCUT2D eigenvalue weighted by Gasteiger charge is 2.29. The monoisotopic (exact) mass is 269 g/mol. The van der Waals surface area contributed by atoms with Crippen LogP contribution >= 0.6 is 11.3 Å². The van der Waals surface area contributed by atoms with Crippen LogP contribution in [-0.2, 0) is 11.2 Å². The van der Waals surface area contributed by atoms with Crippen LogP contribution in [0.2, 0.25) is 0 Å². The molecule has 0 aromatic carbocycles. The molecule has 1 unspecified atom stereocenters. The number of carboxylic acids is 1. The van der Waals surface area contributed by atoms with E-state index < -0.39 is 5.97 Å². The molecule has 0 bridgehead atoms. The summed E-state index contributed by atoms with van der Waals surface area (Å²) >= 11 is 1.38. The van der Waals surface area contributed by atoms with Gasteiger partial charge in [0, 0.05) is 18.6 Å². The molecule has 0 spiro atoms. The summed E-state index contributed by atoms with van der Waals surface area (Å²) in [4.78, 5) is 11.4. The Morgan fingerprint density at radius 1 is 1.39 bits per heavy atom. The zero-order chi connectivity index (χ0) is 12.5. The standard InChI is InChI=1S/C12H15NO4S/c14-11(15)9-7-4-6-17-12(7)18-10(9)13-8-3-1-2-5-16-8/h8,13H,1-6H2,(H,14,15). The first-order valence-corrected chi connectivity index (χ1v) is 6.97. The van der Waals surface area contributed by atoms with Gasteiger partial charge in [-0.1, -0.05) is 11.3 Å². The molecule has 3 rings (SSSR count). The van der Waals surface area contributed by atoms with E-state index in [4.69, 9.17) is 9.47 Å². The van der Waals surface area contributed by atoms with E-state index in [1.807, 2.05) is 0 Å². The van der Waals surface area contributed by atoms with Crippen LogP contribution in [0.3, 0.4) is 0 Å². The maximum Gasteiger partial charge on any atom is 0.339 e. The second-order valence-electron chi connectivity index (χ2n) is 4.48. The lowest BCUT2D eigenvalue weighted by molar-refractivity contribution is 0.0344. The van der Waals surface area contributed by atoms with Gasteiger partial charge in [0.2, 0.25) is 0 Å². The van der Waals surface area contributed by atoms with Gasteiger partial charge in [0.05, 0.1) is 6.61 Å². The first kappa shape index (κ1) is 11.8. The minimum Gasteiger partial charge on any atom is -0.483 e. The predicted octanol–water partition coefficient (Wildman–Crippen LogP) is 2.32. The van der Waals surface area contributed by atoms with E-state index >= 15 is 0 Å². The zero-order valence-electron chi connectivity index (χ0n) is 9.90. The average molecular weight is 269 g/mol. The highest BCUT2D eigenvalue weighted by Crippen LogP contribution is 2.43. The number of aromatic carboxylic acids is 1. The van der Waals surface area contributed by atoms with E-state index in [1.54, 1.807) is 0 Å². The summed E-state index contributed by atoms with van der Waals surface area (Å²) in [7, 11) is 0. The average Bonchev–Trinajstić information content (AvgIpc) is 2.89. The third-order valence-electron chi connectivity index (χ3n) is 3.24. The molecular formula is C12H15NO4S. The highest BCUT2D eigenvalue weighted by molar-refractivity contribution is 7.18. The maximum absolute atomic E-state index is 11.4. The number of nitrogens with one attached hydrogen (secondary N) is 1. The Labute approximate surface area is 109 Å². The Kier molecular flexibility index (Phi) is 3.13. The van der Waals surface area contributed by atoms with Gasteiger partial charge in [-0.3, -0.25) is 0 Å². The van der Waals surface area contributed by atoms with Crippen molar-refractivity contribution in [1.82, 2.24) is 0 Å². The normalized spacial score (nSPS) is 22.3. The van der Waals surface area contributed by atoms with Gasteiger partial charge < -0.3 is 19.9 Å². The third-order valence-corrected chi connectivity index (χ3v) is 4.32. The van der Waals surface area contributed by atoms with Crippen LogP contribution in [0.15, 0.2) is 0 Å². The first-order chi connectivity index (χ1) is 8.75. The van der Waals surface area contributed by atoms with Gasteiger partial charge in [0.1, 0.15) is 16.8 Å². The molecule has 98 valence electrons. The number of ether oxygens (including phenoxy) is 2. The molecular weight excluding hydrogens is 254 g/mol. The number of thiophene rings is 1. The molecule has 1 atom stereocenters. The van der Waals surface area contributed by atoms with Crippen LogP contribution in [0.25, 0.3) is 0 Å². The number of fused-ring (bicyclic) bond motifs is 1. The Bertz CT molecular complexity index is 465. The van der Waals surface area contributed by atoms with Crippen LogP contribution in [0.4, 0.5) is 5.00 Å². The number of carbonyl (C=O) groups is 1. The van der Waals surface area contributed by atoms with Crippen molar-refractivity contribution in [3.05, 3.63) is 11.1 Å². The molecule has 5 nitrogen and oxygen atoms in total. The van der Waals surface area contributed by atoms with Crippen molar-refractivity contribution in [1.29, 1.82) is 0 Å². The number of rotatable bonds is 3. The van der Waals surface area contributed by atoms with Gasteiger partial charge in [-0.15, -0.1) is 0 Å². The lowest BCUT2D eigenvalue weighted by Crippen LogP contribution is -2.27. The molecule has 2 aliphatic heterocycles. The highest BCUT2D eigenvalue weighted by atomic mass is 32.1.